The molecule has 1 aliphatic rings. The maximum Gasteiger partial charge on any atom is 0.490 e. The number of carboxylic acids is 2. The van der Waals surface area contributed by atoms with Crippen LogP contribution in [0.25, 0.3) is 0 Å². The number of hydrogen-bond donors (Lipinski definition) is 3. The Kier molecular flexibility index (Phi) is 9.80. The fraction of sp³-hybridized carbons (Fsp3) is 0.364. The van der Waals surface area contributed by atoms with Gasteiger partial charge < -0.3 is 15.1 Å². The predicted octanol–water partition coefficient (Wildman–Crippen LogP) is 3.63. The second-order valence-corrected chi connectivity index (χ2v) is 9.50. The van der Waals surface area contributed by atoms with E-state index in [1.807, 2.05) is 4.90 Å². The van der Waals surface area contributed by atoms with Crippen LogP contribution in [0.5, 0.6) is 0 Å². The van der Waals surface area contributed by atoms with Crippen molar-refractivity contribution >= 4 is 33.3 Å². The Balaban J connectivity index is 0.000000604. The summed E-state index contributed by atoms with van der Waals surface area (Å²) in [5.41, 5.74) is 0.361. The van der Waals surface area contributed by atoms with Crippen molar-refractivity contribution in [2.75, 3.05) is 42.3 Å². The molecular weight excluding hydrogens is 529 g/mol. The number of piperazine rings is 1. The molecule has 37 heavy (non-hydrogen) atoms. The van der Waals surface area contributed by atoms with Gasteiger partial charge in [-0.3, -0.25) is 9.62 Å². The normalized spacial score (nSPS) is 14.5. The number of alkyl halides is 3. The molecular formula is C22H24F5N3O6S. The van der Waals surface area contributed by atoms with Gasteiger partial charge in [0.2, 0.25) is 0 Å². The highest BCUT2D eigenvalue weighted by Crippen LogP contribution is 2.31. The highest BCUT2D eigenvalue weighted by Gasteiger charge is 2.38. The van der Waals surface area contributed by atoms with E-state index in [0.29, 0.717) is 24.8 Å². The standard InChI is InChI=1S/C20H23F2N3O4S.C2HF3O2/c1-2-7-24-8-10-25(11-9-24)18-6-3-14(20(26)27)12-17(18)23-30(28,29)19-13-15(21)4-5-16(19)22;3-2(4,5)1(6)7/h3-6,12-13,23H,2,7-11H2,1H3,(H,26,27);(H,6,7). The number of nitrogens with one attached hydrogen (secondary N) is 1. The summed E-state index contributed by atoms with van der Waals surface area (Å²) in [5.74, 6) is -5.99. The zero-order valence-corrected chi connectivity index (χ0v) is 20.2. The summed E-state index contributed by atoms with van der Waals surface area (Å²) in [6, 6.07) is 6.23. The van der Waals surface area contributed by atoms with Crippen molar-refractivity contribution in [1.82, 2.24) is 4.90 Å². The Morgan fingerprint density at radius 3 is 2.11 bits per heavy atom. The molecule has 2 aromatic carbocycles. The van der Waals surface area contributed by atoms with E-state index >= 15 is 0 Å². The fourth-order valence-corrected chi connectivity index (χ4v) is 4.59. The number of halogens is 5. The number of carboxylic acid groups (broad SMARTS) is 2. The Bertz CT molecular complexity index is 1230. The summed E-state index contributed by atoms with van der Waals surface area (Å²) < 4.78 is 87.0. The largest absolute Gasteiger partial charge is 0.490 e. The lowest BCUT2D eigenvalue weighted by molar-refractivity contribution is -0.192. The molecule has 3 rings (SSSR count). The summed E-state index contributed by atoms with van der Waals surface area (Å²) in [6.07, 6.45) is -4.06. The number of aromatic carboxylic acids is 1. The molecule has 0 spiro atoms. The van der Waals surface area contributed by atoms with Crippen LogP contribution in [-0.4, -0.2) is 74.4 Å². The third kappa shape index (κ3) is 8.28. The van der Waals surface area contributed by atoms with Gasteiger partial charge in [-0.15, -0.1) is 0 Å². The maximum atomic E-state index is 14.1. The van der Waals surface area contributed by atoms with Crippen molar-refractivity contribution in [1.29, 1.82) is 0 Å². The van der Waals surface area contributed by atoms with Gasteiger partial charge in [0.05, 0.1) is 16.9 Å². The molecule has 9 nitrogen and oxygen atoms in total. The second kappa shape index (κ2) is 12.2. The molecule has 15 heteroatoms. The number of hydrogen-bond acceptors (Lipinski definition) is 6. The van der Waals surface area contributed by atoms with Crippen molar-refractivity contribution in [2.24, 2.45) is 0 Å². The molecule has 0 unspecified atom stereocenters. The molecule has 0 saturated carbocycles. The highest BCUT2D eigenvalue weighted by atomic mass is 32.2. The van der Waals surface area contributed by atoms with Gasteiger partial charge in [0.25, 0.3) is 10.0 Å². The molecule has 0 aromatic heterocycles. The molecule has 3 N–H and O–H groups in total. The summed E-state index contributed by atoms with van der Waals surface area (Å²) in [4.78, 5) is 23.7. The molecule has 1 heterocycles. The number of nitrogens with zero attached hydrogens (tertiary/aromatic N) is 2. The summed E-state index contributed by atoms with van der Waals surface area (Å²) in [5, 5.41) is 16.4. The minimum absolute atomic E-state index is 0.00232. The van der Waals surface area contributed by atoms with E-state index in [0.717, 1.165) is 38.2 Å². The zero-order valence-electron chi connectivity index (χ0n) is 19.4. The minimum atomic E-state index is -5.08. The first-order valence-corrected chi connectivity index (χ1v) is 12.3. The first-order valence-electron chi connectivity index (χ1n) is 10.8. The van der Waals surface area contributed by atoms with E-state index in [1.165, 1.54) is 18.2 Å². The first kappa shape index (κ1) is 29.8. The third-order valence-electron chi connectivity index (χ3n) is 5.17. The van der Waals surface area contributed by atoms with Crippen LogP contribution >= 0.6 is 0 Å². The highest BCUT2D eigenvalue weighted by molar-refractivity contribution is 7.92. The number of anilines is 2. The Labute approximate surface area is 209 Å². The lowest BCUT2D eigenvalue weighted by atomic mass is 10.1. The van der Waals surface area contributed by atoms with Gasteiger partial charge in [-0.1, -0.05) is 6.92 Å². The Hall–Kier alpha value is -3.46. The van der Waals surface area contributed by atoms with Crippen LogP contribution in [0.3, 0.4) is 0 Å². The van der Waals surface area contributed by atoms with Gasteiger partial charge in [0.15, 0.2) is 0 Å². The molecule has 0 radical (unpaired) electrons. The molecule has 0 aliphatic carbocycles. The molecule has 1 fully saturated rings. The fourth-order valence-electron chi connectivity index (χ4n) is 3.44. The summed E-state index contributed by atoms with van der Waals surface area (Å²) in [7, 11) is -4.48. The molecule has 0 atom stereocenters. The molecule has 0 amide bonds. The zero-order chi connectivity index (χ0) is 28.0. The predicted molar refractivity (Wildman–Crippen MR) is 123 cm³/mol. The van der Waals surface area contributed by atoms with E-state index in [1.54, 1.807) is 0 Å². The van der Waals surface area contributed by atoms with Crippen molar-refractivity contribution in [3.8, 4) is 0 Å². The molecule has 0 bridgehead atoms. The van der Waals surface area contributed by atoms with E-state index in [-0.39, 0.29) is 11.3 Å². The van der Waals surface area contributed by atoms with Crippen LogP contribution in [0.1, 0.15) is 23.7 Å². The van der Waals surface area contributed by atoms with Gasteiger partial charge in [0.1, 0.15) is 16.5 Å². The van der Waals surface area contributed by atoms with Crippen molar-refractivity contribution < 1.29 is 50.2 Å². The summed E-state index contributed by atoms with van der Waals surface area (Å²) in [6.45, 7) is 5.85. The number of carbonyl (C=O) groups is 2. The van der Waals surface area contributed by atoms with E-state index in [4.69, 9.17) is 9.90 Å². The third-order valence-corrected chi connectivity index (χ3v) is 6.55. The first-order chi connectivity index (χ1) is 17.2. The number of aliphatic carboxylic acids is 1. The number of sulfonamides is 1. The Morgan fingerprint density at radius 1 is 1.00 bits per heavy atom. The average Bonchev–Trinajstić information content (AvgIpc) is 2.81. The quantitative estimate of drug-likeness (QED) is 0.444. The Morgan fingerprint density at radius 2 is 1.59 bits per heavy atom. The smallest absolute Gasteiger partial charge is 0.478 e. The summed E-state index contributed by atoms with van der Waals surface area (Å²) >= 11 is 0. The van der Waals surface area contributed by atoms with E-state index in [9.17, 15) is 40.3 Å². The topological polar surface area (TPSA) is 127 Å². The molecule has 2 aromatic rings. The number of benzene rings is 2. The van der Waals surface area contributed by atoms with Gasteiger partial charge in [0, 0.05) is 26.2 Å². The van der Waals surface area contributed by atoms with Gasteiger partial charge in [-0.2, -0.15) is 13.2 Å². The van der Waals surface area contributed by atoms with E-state index in [2.05, 4.69) is 16.5 Å². The SMILES string of the molecule is CCCN1CCN(c2ccc(C(=O)O)cc2NS(=O)(=O)c2cc(F)ccc2F)CC1.O=C(O)C(F)(F)F. The maximum absolute atomic E-state index is 14.1. The molecule has 1 aliphatic heterocycles. The van der Waals surface area contributed by atoms with Crippen molar-refractivity contribution in [2.45, 2.75) is 24.4 Å². The van der Waals surface area contributed by atoms with Crippen LogP contribution < -0.4 is 9.62 Å². The molecule has 1 saturated heterocycles. The van der Waals surface area contributed by atoms with Crippen molar-refractivity contribution in [3.05, 3.63) is 53.6 Å². The van der Waals surface area contributed by atoms with Crippen LogP contribution in [-0.2, 0) is 14.8 Å². The second-order valence-electron chi connectivity index (χ2n) is 7.85. The van der Waals surface area contributed by atoms with Gasteiger partial charge in [-0.05, 0) is 49.4 Å². The lowest BCUT2D eigenvalue weighted by Gasteiger charge is -2.37. The van der Waals surface area contributed by atoms with Gasteiger partial charge >= 0.3 is 18.1 Å². The number of rotatable bonds is 7. The van der Waals surface area contributed by atoms with Crippen LogP contribution in [0.15, 0.2) is 41.3 Å². The van der Waals surface area contributed by atoms with Crippen LogP contribution in [0.2, 0.25) is 0 Å². The van der Waals surface area contributed by atoms with Gasteiger partial charge in [-0.25, -0.2) is 26.8 Å². The van der Waals surface area contributed by atoms with Crippen molar-refractivity contribution in [3.63, 3.8) is 0 Å². The lowest BCUT2D eigenvalue weighted by Crippen LogP contribution is -2.46. The average molecular weight is 554 g/mol. The van der Waals surface area contributed by atoms with Crippen LogP contribution in [0, 0.1) is 11.6 Å². The van der Waals surface area contributed by atoms with E-state index < -0.39 is 44.7 Å². The molecule has 204 valence electrons. The van der Waals surface area contributed by atoms with Crippen LogP contribution in [0.4, 0.5) is 33.3 Å². The minimum Gasteiger partial charge on any atom is -0.478 e. The monoisotopic (exact) mass is 553 g/mol.